The van der Waals surface area contributed by atoms with Crippen molar-refractivity contribution < 1.29 is 14.3 Å². The van der Waals surface area contributed by atoms with Gasteiger partial charge in [0, 0.05) is 12.1 Å². The van der Waals surface area contributed by atoms with E-state index in [-0.39, 0.29) is 17.8 Å². The monoisotopic (exact) mass is 219 g/mol. The maximum Gasteiger partial charge on any atom is 0.315 e. The lowest BCUT2D eigenvalue weighted by Crippen LogP contribution is -2.38. The Hall–Kier alpha value is -1.84. The molecule has 4 heteroatoms. The first-order valence-electron chi connectivity index (χ1n) is 5.27. The van der Waals surface area contributed by atoms with Crippen LogP contribution in [0.5, 0.6) is 0 Å². The van der Waals surface area contributed by atoms with Gasteiger partial charge in [0.05, 0.1) is 12.5 Å². The van der Waals surface area contributed by atoms with E-state index in [0.29, 0.717) is 18.7 Å². The second-order valence-corrected chi connectivity index (χ2v) is 3.60. The topological polar surface area (TPSA) is 55.4 Å². The largest absolute Gasteiger partial charge is 0.465 e. The van der Waals surface area contributed by atoms with Gasteiger partial charge in [-0.1, -0.05) is 18.2 Å². The molecule has 1 aromatic carbocycles. The van der Waals surface area contributed by atoms with Crippen LogP contribution in [0.2, 0.25) is 0 Å². The van der Waals surface area contributed by atoms with E-state index in [1.165, 1.54) is 0 Å². The van der Waals surface area contributed by atoms with Gasteiger partial charge in [0.1, 0.15) is 0 Å². The van der Waals surface area contributed by atoms with Crippen molar-refractivity contribution in [3.05, 3.63) is 35.4 Å². The Morgan fingerprint density at radius 2 is 2.25 bits per heavy atom. The van der Waals surface area contributed by atoms with Gasteiger partial charge in [0.15, 0.2) is 0 Å². The summed E-state index contributed by atoms with van der Waals surface area (Å²) >= 11 is 0. The average molecular weight is 219 g/mol. The second kappa shape index (κ2) is 4.35. The summed E-state index contributed by atoms with van der Waals surface area (Å²) < 4.78 is 4.98. The van der Waals surface area contributed by atoms with Gasteiger partial charge < -0.3 is 10.1 Å². The molecule has 1 unspecified atom stereocenters. The van der Waals surface area contributed by atoms with Gasteiger partial charge in [-0.25, -0.2) is 0 Å². The summed E-state index contributed by atoms with van der Waals surface area (Å²) in [4.78, 5) is 23.2. The maximum atomic E-state index is 11.7. The molecule has 0 fully saturated rings. The summed E-state index contributed by atoms with van der Waals surface area (Å²) in [5.41, 5.74) is 1.32. The molecular formula is C12H13NO3. The van der Waals surface area contributed by atoms with E-state index in [4.69, 9.17) is 4.74 Å². The molecule has 1 atom stereocenters. The quantitative estimate of drug-likeness (QED) is 0.757. The lowest BCUT2D eigenvalue weighted by molar-refractivity contribution is -0.144. The Bertz CT molecular complexity index is 428. The lowest BCUT2D eigenvalue weighted by Gasteiger charge is -2.23. The fourth-order valence-corrected chi connectivity index (χ4v) is 1.86. The SMILES string of the molecule is CCOC(=O)C1CNC(=O)c2ccccc21. The van der Waals surface area contributed by atoms with Crippen molar-refractivity contribution in [2.24, 2.45) is 0 Å². The van der Waals surface area contributed by atoms with Crippen molar-refractivity contribution in [2.45, 2.75) is 12.8 Å². The first-order valence-corrected chi connectivity index (χ1v) is 5.27. The zero-order valence-electron chi connectivity index (χ0n) is 9.03. The first kappa shape index (κ1) is 10.7. The number of nitrogens with one attached hydrogen (secondary N) is 1. The molecule has 1 aliphatic heterocycles. The van der Waals surface area contributed by atoms with Gasteiger partial charge in [-0.2, -0.15) is 0 Å². The van der Waals surface area contributed by atoms with E-state index in [9.17, 15) is 9.59 Å². The Morgan fingerprint density at radius 1 is 1.50 bits per heavy atom. The fraction of sp³-hybridized carbons (Fsp3) is 0.333. The molecule has 1 aromatic rings. The predicted molar refractivity (Wildman–Crippen MR) is 58.1 cm³/mol. The van der Waals surface area contributed by atoms with Crippen LogP contribution in [-0.2, 0) is 9.53 Å². The fourth-order valence-electron chi connectivity index (χ4n) is 1.86. The molecule has 0 radical (unpaired) electrons. The summed E-state index contributed by atoms with van der Waals surface area (Å²) in [6.45, 7) is 2.44. The van der Waals surface area contributed by atoms with E-state index in [2.05, 4.69) is 5.32 Å². The van der Waals surface area contributed by atoms with Gasteiger partial charge in [0.25, 0.3) is 5.91 Å². The molecule has 1 heterocycles. The van der Waals surface area contributed by atoms with E-state index >= 15 is 0 Å². The van der Waals surface area contributed by atoms with Gasteiger partial charge >= 0.3 is 5.97 Å². The summed E-state index contributed by atoms with van der Waals surface area (Å²) in [6, 6.07) is 7.13. The summed E-state index contributed by atoms with van der Waals surface area (Å²) in [6.07, 6.45) is 0. The van der Waals surface area contributed by atoms with Crippen molar-refractivity contribution in [1.82, 2.24) is 5.32 Å². The number of hydrogen-bond donors (Lipinski definition) is 1. The number of amides is 1. The highest BCUT2D eigenvalue weighted by Gasteiger charge is 2.30. The molecular weight excluding hydrogens is 206 g/mol. The molecule has 0 aromatic heterocycles. The number of rotatable bonds is 2. The molecule has 0 spiro atoms. The molecule has 4 nitrogen and oxygen atoms in total. The molecule has 84 valence electrons. The standard InChI is InChI=1S/C12H13NO3/c1-2-16-12(15)10-7-13-11(14)9-6-4-3-5-8(9)10/h3-6,10H,2,7H2,1H3,(H,13,14). The molecule has 0 bridgehead atoms. The minimum atomic E-state index is -0.381. The molecule has 0 aliphatic carbocycles. The highest BCUT2D eigenvalue weighted by Crippen LogP contribution is 2.24. The van der Waals surface area contributed by atoms with Gasteiger partial charge in [-0.05, 0) is 18.6 Å². The Morgan fingerprint density at radius 3 is 3.00 bits per heavy atom. The minimum absolute atomic E-state index is 0.129. The van der Waals surface area contributed by atoms with Crippen LogP contribution >= 0.6 is 0 Å². The number of hydrogen-bond acceptors (Lipinski definition) is 3. The molecule has 2 rings (SSSR count). The maximum absolute atomic E-state index is 11.7. The number of benzene rings is 1. The zero-order chi connectivity index (χ0) is 11.5. The number of carbonyl (C=O) groups is 2. The molecule has 16 heavy (non-hydrogen) atoms. The molecule has 1 amide bonds. The lowest BCUT2D eigenvalue weighted by atomic mass is 9.90. The van der Waals surface area contributed by atoms with Gasteiger partial charge in [-0.3, -0.25) is 9.59 Å². The zero-order valence-corrected chi connectivity index (χ0v) is 9.03. The van der Waals surface area contributed by atoms with E-state index in [0.717, 1.165) is 5.56 Å². The summed E-state index contributed by atoms with van der Waals surface area (Å²) in [7, 11) is 0. The van der Waals surface area contributed by atoms with Crippen molar-refractivity contribution in [2.75, 3.05) is 13.2 Å². The van der Waals surface area contributed by atoms with Gasteiger partial charge in [-0.15, -0.1) is 0 Å². The predicted octanol–water partition coefficient (Wildman–Crippen LogP) is 1.08. The van der Waals surface area contributed by atoms with Crippen LogP contribution in [0.25, 0.3) is 0 Å². The first-order chi connectivity index (χ1) is 7.74. The van der Waals surface area contributed by atoms with E-state index < -0.39 is 0 Å². The Balaban J connectivity index is 2.34. The van der Waals surface area contributed by atoms with E-state index in [1.54, 1.807) is 25.1 Å². The molecule has 0 saturated carbocycles. The number of ether oxygens (including phenoxy) is 1. The second-order valence-electron chi connectivity index (χ2n) is 3.60. The van der Waals surface area contributed by atoms with Crippen LogP contribution in [0.15, 0.2) is 24.3 Å². The molecule has 1 aliphatic rings. The van der Waals surface area contributed by atoms with Crippen LogP contribution in [0.1, 0.15) is 28.8 Å². The third-order valence-corrected chi connectivity index (χ3v) is 2.62. The smallest absolute Gasteiger partial charge is 0.315 e. The summed E-state index contributed by atoms with van der Waals surface area (Å²) in [5.74, 6) is -0.792. The van der Waals surface area contributed by atoms with Crippen LogP contribution in [0, 0.1) is 0 Å². The Kier molecular flexibility index (Phi) is 2.90. The van der Waals surface area contributed by atoms with Gasteiger partial charge in [0.2, 0.25) is 0 Å². The summed E-state index contributed by atoms with van der Waals surface area (Å²) in [5, 5.41) is 2.69. The number of fused-ring (bicyclic) bond motifs is 1. The Labute approximate surface area is 93.6 Å². The van der Waals surface area contributed by atoms with Crippen LogP contribution in [0.3, 0.4) is 0 Å². The number of carbonyl (C=O) groups excluding carboxylic acids is 2. The third kappa shape index (κ3) is 1.78. The van der Waals surface area contributed by atoms with Crippen molar-refractivity contribution in [1.29, 1.82) is 0 Å². The normalized spacial score (nSPS) is 18.6. The van der Waals surface area contributed by atoms with Crippen LogP contribution in [-0.4, -0.2) is 25.0 Å². The third-order valence-electron chi connectivity index (χ3n) is 2.62. The van der Waals surface area contributed by atoms with Crippen molar-refractivity contribution >= 4 is 11.9 Å². The van der Waals surface area contributed by atoms with Crippen LogP contribution < -0.4 is 5.32 Å². The average Bonchev–Trinajstić information content (AvgIpc) is 2.30. The van der Waals surface area contributed by atoms with Crippen LogP contribution in [0.4, 0.5) is 0 Å². The highest BCUT2D eigenvalue weighted by atomic mass is 16.5. The van der Waals surface area contributed by atoms with Crippen molar-refractivity contribution in [3.8, 4) is 0 Å². The van der Waals surface area contributed by atoms with E-state index in [1.807, 2.05) is 6.07 Å². The highest BCUT2D eigenvalue weighted by molar-refractivity contribution is 5.99. The molecule has 1 N–H and O–H groups in total. The van der Waals surface area contributed by atoms with Crippen molar-refractivity contribution in [3.63, 3.8) is 0 Å². The number of esters is 1. The molecule has 0 saturated heterocycles. The minimum Gasteiger partial charge on any atom is -0.465 e.